The van der Waals surface area contributed by atoms with Gasteiger partial charge in [-0.3, -0.25) is 0 Å². The van der Waals surface area contributed by atoms with Gasteiger partial charge in [0.15, 0.2) is 0 Å². The predicted octanol–water partition coefficient (Wildman–Crippen LogP) is 2.73. The topological polar surface area (TPSA) is 38.9 Å². The van der Waals surface area contributed by atoms with Gasteiger partial charge in [-0.05, 0) is 25.3 Å². The summed E-state index contributed by atoms with van der Waals surface area (Å²) in [5.41, 5.74) is 6.77. The third kappa shape index (κ3) is 1.54. The fourth-order valence-corrected chi connectivity index (χ4v) is 2.15. The van der Waals surface area contributed by atoms with Crippen LogP contribution >= 0.6 is 23.2 Å². The van der Waals surface area contributed by atoms with E-state index in [1.54, 1.807) is 12.3 Å². The standard InChI is InChI=1S/C9H10Cl2N2/c10-7-4-8(11)13-5-6(7)9(12)2-1-3-9/h4-5H,1-3,12H2. The van der Waals surface area contributed by atoms with Crippen LogP contribution in [0.5, 0.6) is 0 Å². The molecule has 1 aromatic heterocycles. The van der Waals surface area contributed by atoms with Crippen molar-refractivity contribution in [3.63, 3.8) is 0 Å². The molecule has 1 saturated carbocycles. The van der Waals surface area contributed by atoms with Crippen molar-refractivity contribution in [2.24, 2.45) is 5.73 Å². The molecule has 1 aliphatic rings. The van der Waals surface area contributed by atoms with Gasteiger partial charge >= 0.3 is 0 Å². The lowest BCUT2D eigenvalue weighted by Gasteiger charge is -2.38. The number of pyridine rings is 1. The van der Waals surface area contributed by atoms with Crippen molar-refractivity contribution in [3.05, 3.63) is 28.0 Å². The summed E-state index contributed by atoms with van der Waals surface area (Å²) in [5, 5.41) is 1.04. The second-order valence-corrected chi connectivity index (χ2v) is 4.29. The Morgan fingerprint density at radius 3 is 2.54 bits per heavy atom. The molecular formula is C9H10Cl2N2. The number of nitrogens with two attached hydrogens (primary N) is 1. The number of hydrogen-bond donors (Lipinski definition) is 1. The van der Waals surface area contributed by atoms with Crippen LogP contribution in [0.2, 0.25) is 10.2 Å². The van der Waals surface area contributed by atoms with E-state index in [9.17, 15) is 0 Å². The Morgan fingerprint density at radius 2 is 2.08 bits per heavy atom. The first-order chi connectivity index (χ1) is 6.12. The molecule has 2 rings (SSSR count). The van der Waals surface area contributed by atoms with Crippen molar-refractivity contribution in [3.8, 4) is 0 Å². The van der Waals surface area contributed by atoms with Crippen LogP contribution in [0, 0.1) is 0 Å². The molecule has 0 aromatic carbocycles. The minimum absolute atomic E-state index is 0.255. The van der Waals surface area contributed by atoms with Crippen LogP contribution in [0.4, 0.5) is 0 Å². The number of rotatable bonds is 1. The van der Waals surface area contributed by atoms with E-state index in [0.717, 1.165) is 24.8 Å². The van der Waals surface area contributed by atoms with E-state index in [4.69, 9.17) is 28.9 Å². The van der Waals surface area contributed by atoms with E-state index < -0.39 is 0 Å². The van der Waals surface area contributed by atoms with Crippen LogP contribution in [0.1, 0.15) is 24.8 Å². The summed E-state index contributed by atoms with van der Waals surface area (Å²) in [7, 11) is 0. The van der Waals surface area contributed by atoms with Crippen LogP contribution < -0.4 is 5.73 Å². The summed E-state index contributed by atoms with van der Waals surface area (Å²) in [6, 6.07) is 1.64. The molecular weight excluding hydrogens is 207 g/mol. The first-order valence-electron chi connectivity index (χ1n) is 4.22. The van der Waals surface area contributed by atoms with Crippen molar-refractivity contribution < 1.29 is 0 Å². The number of halogens is 2. The molecule has 2 nitrogen and oxygen atoms in total. The van der Waals surface area contributed by atoms with Gasteiger partial charge in [-0.25, -0.2) is 4.98 Å². The van der Waals surface area contributed by atoms with Crippen LogP contribution in [-0.4, -0.2) is 4.98 Å². The SMILES string of the molecule is NC1(c2cnc(Cl)cc2Cl)CCC1. The highest BCUT2D eigenvalue weighted by atomic mass is 35.5. The molecule has 13 heavy (non-hydrogen) atoms. The van der Waals surface area contributed by atoms with Crippen molar-refractivity contribution in [2.75, 3.05) is 0 Å². The summed E-state index contributed by atoms with van der Waals surface area (Å²) in [6.07, 6.45) is 4.81. The largest absolute Gasteiger partial charge is 0.321 e. The van der Waals surface area contributed by atoms with Gasteiger partial charge in [0.1, 0.15) is 5.15 Å². The second kappa shape index (κ2) is 3.12. The zero-order chi connectivity index (χ0) is 9.47. The molecule has 0 unspecified atom stereocenters. The number of hydrogen-bond acceptors (Lipinski definition) is 2. The monoisotopic (exact) mass is 216 g/mol. The fourth-order valence-electron chi connectivity index (χ4n) is 1.60. The average molecular weight is 217 g/mol. The molecule has 0 amide bonds. The van der Waals surface area contributed by atoms with Crippen LogP contribution in [0.3, 0.4) is 0 Å². The highest BCUT2D eigenvalue weighted by molar-refractivity contribution is 6.34. The first-order valence-corrected chi connectivity index (χ1v) is 4.98. The van der Waals surface area contributed by atoms with Gasteiger partial charge in [0.05, 0.1) is 5.02 Å². The maximum atomic E-state index is 6.11. The number of nitrogens with zero attached hydrogens (tertiary/aromatic N) is 1. The Bertz CT molecular complexity index is 334. The highest BCUT2D eigenvalue weighted by Crippen LogP contribution is 2.41. The average Bonchev–Trinajstić information content (AvgIpc) is 2.00. The van der Waals surface area contributed by atoms with Gasteiger partial charge in [-0.2, -0.15) is 0 Å². The molecule has 70 valence electrons. The fraction of sp³-hybridized carbons (Fsp3) is 0.444. The zero-order valence-corrected chi connectivity index (χ0v) is 8.57. The lowest BCUT2D eigenvalue weighted by Crippen LogP contribution is -2.43. The minimum atomic E-state index is -0.255. The second-order valence-electron chi connectivity index (χ2n) is 3.50. The molecule has 1 fully saturated rings. The third-order valence-electron chi connectivity index (χ3n) is 2.60. The maximum absolute atomic E-state index is 6.11. The summed E-state index contributed by atoms with van der Waals surface area (Å²) < 4.78 is 0. The summed E-state index contributed by atoms with van der Waals surface area (Å²) in [6.45, 7) is 0. The van der Waals surface area contributed by atoms with Gasteiger partial charge in [-0.15, -0.1) is 0 Å². The summed E-state index contributed by atoms with van der Waals surface area (Å²) in [4.78, 5) is 3.99. The van der Waals surface area contributed by atoms with Gasteiger partial charge < -0.3 is 5.73 Å². The van der Waals surface area contributed by atoms with Gasteiger partial charge in [0.25, 0.3) is 0 Å². The van der Waals surface area contributed by atoms with E-state index >= 15 is 0 Å². The van der Waals surface area contributed by atoms with E-state index in [1.165, 1.54) is 0 Å². The Labute approximate surface area is 87.1 Å². The van der Waals surface area contributed by atoms with Crippen LogP contribution in [0.15, 0.2) is 12.3 Å². The quantitative estimate of drug-likeness (QED) is 0.734. The molecule has 0 aliphatic heterocycles. The lowest BCUT2D eigenvalue weighted by atomic mass is 9.73. The molecule has 4 heteroatoms. The molecule has 0 saturated heterocycles. The normalized spacial score (nSPS) is 19.6. The van der Waals surface area contributed by atoms with Crippen LogP contribution in [0.25, 0.3) is 0 Å². The minimum Gasteiger partial charge on any atom is -0.321 e. The summed E-state index contributed by atoms with van der Waals surface area (Å²) in [5.74, 6) is 0. The molecule has 0 spiro atoms. The maximum Gasteiger partial charge on any atom is 0.130 e. The lowest BCUT2D eigenvalue weighted by molar-refractivity contribution is 0.253. The van der Waals surface area contributed by atoms with E-state index in [2.05, 4.69) is 4.98 Å². The van der Waals surface area contributed by atoms with Crippen molar-refractivity contribution >= 4 is 23.2 Å². The van der Waals surface area contributed by atoms with Crippen molar-refractivity contribution in [1.29, 1.82) is 0 Å². The highest BCUT2D eigenvalue weighted by Gasteiger charge is 2.36. The Balaban J connectivity index is 2.40. The molecule has 0 radical (unpaired) electrons. The Hall–Kier alpha value is -0.310. The molecule has 0 atom stereocenters. The number of aromatic nitrogens is 1. The molecule has 1 aromatic rings. The smallest absolute Gasteiger partial charge is 0.130 e. The molecule has 1 heterocycles. The molecule has 1 aliphatic carbocycles. The van der Waals surface area contributed by atoms with E-state index in [0.29, 0.717) is 10.2 Å². The zero-order valence-electron chi connectivity index (χ0n) is 7.06. The summed E-state index contributed by atoms with van der Waals surface area (Å²) >= 11 is 11.7. The molecule has 0 bridgehead atoms. The Kier molecular flexibility index (Phi) is 2.22. The Morgan fingerprint density at radius 1 is 1.38 bits per heavy atom. The molecule has 2 N–H and O–H groups in total. The van der Waals surface area contributed by atoms with E-state index in [-0.39, 0.29) is 5.54 Å². The van der Waals surface area contributed by atoms with Gasteiger partial charge in [0.2, 0.25) is 0 Å². The van der Waals surface area contributed by atoms with Crippen molar-refractivity contribution in [1.82, 2.24) is 4.98 Å². The van der Waals surface area contributed by atoms with E-state index in [1.807, 2.05) is 0 Å². The third-order valence-corrected chi connectivity index (χ3v) is 3.12. The van der Waals surface area contributed by atoms with Gasteiger partial charge in [-0.1, -0.05) is 23.2 Å². The predicted molar refractivity (Wildman–Crippen MR) is 54.0 cm³/mol. The van der Waals surface area contributed by atoms with Gasteiger partial charge in [0, 0.05) is 17.3 Å². The van der Waals surface area contributed by atoms with Crippen molar-refractivity contribution in [2.45, 2.75) is 24.8 Å². The van der Waals surface area contributed by atoms with Crippen LogP contribution in [-0.2, 0) is 5.54 Å². The first kappa shape index (κ1) is 9.25.